The van der Waals surface area contributed by atoms with E-state index in [2.05, 4.69) is 17.6 Å². The predicted octanol–water partition coefficient (Wildman–Crippen LogP) is 2.77. The Morgan fingerprint density at radius 1 is 1.40 bits per heavy atom. The molecule has 0 aliphatic carbocycles. The summed E-state index contributed by atoms with van der Waals surface area (Å²) in [5, 5.41) is 0.832. The summed E-state index contributed by atoms with van der Waals surface area (Å²) in [4.78, 5) is 17.5. The summed E-state index contributed by atoms with van der Waals surface area (Å²) in [7, 11) is 0. The molecule has 2 aromatic rings. The SMILES string of the molecule is O=c1c2c(Cl)c(S)ccc2ncn1CC1CCOCC1. The summed E-state index contributed by atoms with van der Waals surface area (Å²) in [6, 6.07) is 3.52. The number of benzene rings is 1. The Kier molecular flexibility index (Phi) is 4.01. The first-order chi connectivity index (χ1) is 9.66. The second-order valence-corrected chi connectivity index (χ2v) is 5.91. The minimum Gasteiger partial charge on any atom is -0.381 e. The van der Waals surface area contributed by atoms with Crippen LogP contribution in [0.2, 0.25) is 5.02 Å². The minimum atomic E-state index is -0.0950. The second-order valence-electron chi connectivity index (χ2n) is 5.05. The largest absolute Gasteiger partial charge is 0.381 e. The summed E-state index contributed by atoms with van der Waals surface area (Å²) in [6.07, 6.45) is 3.56. The van der Waals surface area contributed by atoms with Crippen LogP contribution < -0.4 is 5.56 Å². The third-order valence-electron chi connectivity index (χ3n) is 3.71. The molecule has 2 heterocycles. The van der Waals surface area contributed by atoms with E-state index in [9.17, 15) is 4.79 Å². The van der Waals surface area contributed by atoms with Crippen molar-refractivity contribution in [1.82, 2.24) is 9.55 Å². The van der Waals surface area contributed by atoms with Crippen LogP contribution in [0.5, 0.6) is 0 Å². The van der Waals surface area contributed by atoms with Crippen LogP contribution in [-0.4, -0.2) is 22.8 Å². The fraction of sp³-hybridized carbons (Fsp3) is 0.429. The molecule has 1 aliphatic rings. The molecule has 1 aliphatic heterocycles. The predicted molar refractivity (Wildman–Crippen MR) is 81.8 cm³/mol. The lowest BCUT2D eigenvalue weighted by Gasteiger charge is -2.22. The van der Waals surface area contributed by atoms with Crippen molar-refractivity contribution in [3.63, 3.8) is 0 Å². The minimum absolute atomic E-state index is 0.0950. The zero-order chi connectivity index (χ0) is 14.1. The number of hydrogen-bond acceptors (Lipinski definition) is 4. The van der Waals surface area contributed by atoms with Gasteiger partial charge in [-0.05, 0) is 30.9 Å². The highest BCUT2D eigenvalue weighted by Crippen LogP contribution is 2.26. The van der Waals surface area contributed by atoms with Gasteiger partial charge in [0.25, 0.3) is 5.56 Å². The lowest BCUT2D eigenvalue weighted by atomic mass is 10.0. The fourth-order valence-corrected chi connectivity index (χ4v) is 2.96. The van der Waals surface area contributed by atoms with Crippen molar-refractivity contribution in [3.8, 4) is 0 Å². The van der Waals surface area contributed by atoms with Crippen molar-refractivity contribution in [2.45, 2.75) is 24.3 Å². The van der Waals surface area contributed by atoms with Crippen molar-refractivity contribution in [3.05, 3.63) is 33.8 Å². The smallest absolute Gasteiger partial charge is 0.262 e. The van der Waals surface area contributed by atoms with E-state index in [1.165, 1.54) is 0 Å². The maximum Gasteiger partial charge on any atom is 0.262 e. The fourth-order valence-electron chi connectivity index (χ4n) is 2.53. The standard InChI is InChI=1S/C14H15ClN2O2S/c15-13-11(20)2-1-10-12(13)14(18)17(8-16-10)7-9-3-5-19-6-4-9/h1-2,8-9,20H,3-7H2. The Morgan fingerprint density at radius 3 is 2.90 bits per heavy atom. The molecular formula is C14H15ClN2O2S. The Morgan fingerprint density at radius 2 is 2.15 bits per heavy atom. The highest BCUT2D eigenvalue weighted by Gasteiger charge is 2.17. The summed E-state index contributed by atoms with van der Waals surface area (Å²) >= 11 is 10.5. The molecule has 106 valence electrons. The quantitative estimate of drug-likeness (QED) is 0.868. The topological polar surface area (TPSA) is 44.1 Å². The summed E-state index contributed by atoms with van der Waals surface area (Å²) in [6.45, 7) is 2.20. The van der Waals surface area contributed by atoms with Crippen molar-refractivity contribution in [2.24, 2.45) is 5.92 Å². The highest BCUT2D eigenvalue weighted by molar-refractivity contribution is 7.80. The third kappa shape index (κ3) is 2.57. The van der Waals surface area contributed by atoms with Crippen LogP contribution in [0.4, 0.5) is 0 Å². The van der Waals surface area contributed by atoms with Gasteiger partial charge in [0, 0.05) is 24.7 Å². The van der Waals surface area contributed by atoms with Crippen LogP contribution in [-0.2, 0) is 11.3 Å². The van der Waals surface area contributed by atoms with Gasteiger partial charge in [-0.3, -0.25) is 9.36 Å². The van der Waals surface area contributed by atoms with E-state index in [0.29, 0.717) is 33.3 Å². The highest BCUT2D eigenvalue weighted by atomic mass is 35.5. The van der Waals surface area contributed by atoms with E-state index in [4.69, 9.17) is 16.3 Å². The first-order valence-electron chi connectivity index (χ1n) is 6.61. The Balaban J connectivity index is 2.02. The van der Waals surface area contributed by atoms with E-state index in [0.717, 1.165) is 26.1 Å². The average molecular weight is 311 g/mol. The monoisotopic (exact) mass is 310 g/mol. The third-order valence-corrected chi connectivity index (χ3v) is 4.60. The molecule has 1 fully saturated rings. The number of aromatic nitrogens is 2. The Labute approximate surface area is 127 Å². The molecule has 3 rings (SSSR count). The normalized spacial score (nSPS) is 16.7. The van der Waals surface area contributed by atoms with Gasteiger partial charge >= 0.3 is 0 Å². The van der Waals surface area contributed by atoms with Gasteiger partial charge < -0.3 is 4.74 Å². The Hall–Kier alpha value is -1.04. The zero-order valence-electron chi connectivity index (χ0n) is 10.9. The average Bonchev–Trinajstić information content (AvgIpc) is 2.47. The second kappa shape index (κ2) is 5.76. The molecule has 0 unspecified atom stereocenters. The maximum atomic E-state index is 12.5. The van der Waals surface area contributed by atoms with Gasteiger partial charge in [0.2, 0.25) is 0 Å². The summed E-state index contributed by atoms with van der Waals surface area (Å²) in [5.74, 6) is 0.457. The van der Waals surface area contributed by atoms with Crippen molar-refractivity contribution in [1.29, 1.82) is 0 Å². The van der Waals surface area contributed by atoms with Crippen LogP contribution >= 0.6 is 24.2 Å². The molecular weight excluding hydrogens is 296 g/mol. The van der Waals surface area contributed by atoms with E-state index >= 15 is 0 Å². The van der Waals surface area contributed by atoms with Crippen LogP contribution in [0.3, 0.4) is 0 Å². The number of thiol groups is 1. The molecule has 1 saturated heterocycles. The summed E-state index contributed by atoms with van der Waals surface area (Å²) < 4.78 is 6.99. The number of fused-ring (bicyclic) bond motifs is 1. The molecule has 4 nitrogen and oxygen atoms in total. The number of ether oxygens (including phenoxy) is 1. The number of nitrogens with zero attached hydrogens (tertiary/aromatic N) is 2. The molecule has 6 heteroatoms. The van der Waals surface area contributed by atoms with Crippen LogP contribution in [0.15, 0.2) is 28.2 Å². The van der Waals surface area contributed by atoms with Gasteiger partial charge in [0.15, 0.2) is 0 Å². The molecule has 0 radical (unpaired) electrons. The van der Waals surface area contributed by atoms with Gasteiger partial charge in [-0.1, -0.05) is 11.6 Å². The first-order valence-corrected chi connectivity index (χ1v) is 7.43. The molecule has 1 aromatic carbocycles. The molecule has 1 aromatic heterocycles. The van der Waals surface area contributed by atoms with Crippen LogP contribution in [0.25, 0.3) is 10.9 Å². The van der Waals surface area contributed by atoms with Crippen LogP contribution in [0.1, 0.15) is 12.8 Å². The lowest BCUT2D eigenvalue weighted by molar-refractivity contribution is 0.0609. The first kappa shape index (κ1) is 13.9. The van der Waals surface area contributed by atoms with Crippen molar-refractivity contribution >= 4 is 35.1 Å². The maximum absolute atomic E-state index is 12.5. The molecule has 0 atom stereocenters. The van der Waals surface area contributed by atoms with Crippen molar-refractivity contribution in [2.75, 3.05) is 13.2 Å². The van der Waals surface area contributed by atoms with Gasteiger partial charge in [0.05, 0.1) is 22.3 Å². The molecule has 0 spiro atoms. The van der Waals surface area contributed by atoms with Gasteiger partial charge in [0.1, 0.15) is 0 Å². The van der Waals surface area contributed by atoms with E-state index in [-0.39, 0.29) is 5.56 Å². The van der Waals surface area contributed by atoms with E-state index in [1.807, 2.05) is 0 Å². The van der Waals surface area contributed by atoms with E-state index in [1.54, 1.807) is 23.0 Å². The van der Waals surface area contributed by atoms with Gasteiger partial charge in [-0.15, -0.1) is 12.6 Å². The number of hydrogen-bond donors (Lipinski definition) is 1. The lowest BCUT2D eigenvalue weighted by Crippen LogP contribution is -2.27. The van der Waals surface area contributed by atoms with E-state index < -0.39 is 0 Å². The number of rotatable bonds is 2. The van der Waals surface area contributed by atoms with Gasteiger partial charge in [-0.2, -0.15) is 0 Å². The molecule has 0 saturated carbocycles. The molecule has 0 bridgehead atoms. The Bertz CT molecular complexity index is 695. The molecule has 20 heavy (non-hydrogen) atoms. The summed E-state index contributed by atoms with van der Waals surface area (Å²) in [5.41, 5.74) is 0.517. The number of halogens is 1. The van der Waals surface area contributed by atoms with Crippen molar-refractivity contribution < 1.29 is 4.74 Å². The van der Waals surface area contributed by atoms with Crippen LogP contribution in [0, 0.1) is 5.92 Å². The zero-order valence-corrected chi connectivity index (χ0v) is 12.5. The molecule has 0 N–H and O–H groups in total. The van der Waals surface area contributed by atoms with Gasteiger partial charge in [-0.25, -0.2) is 4.98 Å². The molecule has 0 amide bonds.